The Balaban J connectivity index is 1.57. The Bertz CT molecular complexity index is 629. The van der Waals surface area contributed by atoms with Crippen molar-refractivity contribution in [2.75, 3.05) is 5.32 Å². The minimum atomic E-state index is -0.111. The first-order chi connectivity index (χ1) is 10.2. The van der Waals surface area contributed by atoms with E-state index in [4.69, 9.17) is 0 Å². The third kappa shape index (κ3) is 1.87. The van der Waals surface area contributed by atoms with E-state index in [9.17, 15) is 10.1 Å². The molecule has 2 bridgehead atoms. The van der Waals surface area contributed by atoms with Crippen LogP contribution in [0.1, 0.15) is 25.7 Å². The molecule has 3 aliphatic rings. The number of hydrogen-bond donors (Lipinski definition) is 1. The molecule has 1 aromatic carbocycles. The molecule has 0 radical (unpaired) electrons. The van der Waals surface area contributed by atoms with Crippen LogP contribution in [0.4, 0.5) is 5.69 Å². The average molecular weight is 345 g/mol. The molecular weight excluding hydrogens is 328 g/mol. The molecule has 0 aromatic heterocycles. The molecule has 0 aliphatic heterocycles. The zero-order chi connectivity index (χ0) is 14.6. The van der Waals surface area contributed by atoms with Gasteiger partial charge in [-0.05, 0) is 67.2 Å². The lowest BCUT2D eigenvalue weighted by atomic mass is 9.79. The van der Waals surface area contributed by atoms with E-state index in [0.717, 1.165) is 23.0 Å². The monoisotopic (exact) mass is 344 g/mol. The Morgan fingerprint density at radius 3 is 2.52 bits per heavy atom. The number of carbonyl (C=O) groups is 1. The summed E-state index contributed by atoms with van der Waals surface area (Å²) in [5.41, 5.74) is 1.16. The fourth-order valence-electron chi connectivity index (χ4n) is 4.94. The lowest BCUT2D eigenvalue weighted by molar-refractivity contribution is -0.122. The predicted octanol–water partition coefficient (Wildman–Crippen LogP) is 3.96. The zero-order valence-corrected chi connectivity index (χ0v) is 13.3. The summed E-state index contributed by atoms with van der Waals surface area (Å²) in [6, 6.07) is 10.1. The van der Waals surface area contributed by atoms with E-state index in [0.29, 0.717) is 17.3 Å². The second kappa shape index (κ2) is 4.58. The first-order valence-corrected chi connectivity index (χ1v) is 8.41. The van der Waals surface area contributed by atoms with E-state index in [2.05, 4.69) is 27.3 Å². The van der Waals surface area contributed by atoms with Gasteiger partial charge >= 0.3 is 0 Å². The highest BCUT2D eigenvalue weighted by atomic mass is 79.9. The molecule has 1 N–H and O–H groups in total. The van der Waals surface area contributed by atoms with Gasteiger partial charge in [-0.15, -0.1) is 0 Å². The molecule has 1 amide bonds. The van der Waals surface area contributed by atoms with E-state index < -0.39 is 0 Å². The molecule has 4 heteroatoms. The van der Waals surface area contributed by atoms with Crippen LogP contribution in [0.25, 0.3) is 0 Å². The van der Waals surface area contributed by atoms with E-state index in [-0.39, 0.29) is 17.7 Å². The molecule has 0 unspecified atom stereocenters. The van der Waals surface area contributed by atoms with Crippen molar-refractivity contribution >= 4 is 27.5 Å². The van der Waals surface area contributed by atoms with Crippen molar-refractivity contribution in [3.8, 4) is 6.07 Å². The highest BCUT2D eigenvalue weighted by Crippen LogP contribution is 2.74. The third-order valence-electron chi connectivity index (χ3n) is 5.91. The van der Waals surface area contributed by atoms with Gasteiger partial charge < -0.3 is 5.32 Å². The molecule has 21 heavy (non-hydrogen) atoms. The molecule has 0 saturated heterocycles. The Labute approximate surface area is 132 Å². The lowest BCUT2D eigenvalue weighted by Crippen LogP contribution is -2.33. The van der Waals surface area contributed by atoms with E-state index in [1.54, 1.807) is 0 Å². The summed E-state index contributed by atoms with van der Waals surface area (Å²) in [5, 5.41) is 12.5. The van der Waals surface area contributed by atoms with Crippen molar-refractivity contribution in [1.29, 1.82) is 5.26 Å². The maximum atomic E-state index is 12.7. The highest BCUT2D eigenvalue weighted by molar-refractivity contribution is 9.10. The van der Waals surface area contributed by atoms with Gasteiger partial charge in [-0.25, -0.2) is 0 Å². The van der Waals surface area contributed by atoms with Crippen molar-refractivity contribution in [1.82, 2.24) is 0 Å². The molecular formula is C17H17BrN2O. The van der Waals surface area contributed by atoms with E-state index >= 15 is 0 Å². The van der Waals surface area contributed by atoms with Crippen LogP contribution in [0.2, 0.25) is 0 Å². The Hall–Kier alpha value is -1.34. The van der Waals surface area contributed by atoms with Crippen LogP contribution < -0.4 is 5.32 Å². The lowest BCUT2D eigenvalue weighted by Gasteiger charge is -2.25. The molecule has 3 saturated carbocycles. The van der Waals surface area contributed by atoms with Gasteiger partial charge in [0.05, 0.1) is 17.9 Å². The third-order valence-corrected chi connectivity index (χ3v) is 6.44. The van der Waals surface area contributed by atoms with Gasteiger partial charge in [-0.2, -0.15) is 5.26 Å². The summed E-state index contributed by atoms with van der Waals surface area (Å²) in [6.45, 7) is 0. The zero-order valence-electron chi connectivity index (χ0n) is 11.7. The molecule has 1 spiro atoms. The summed E-state index contributed by atoms with van der Waals surface area (Å²) in [6.07, 6.45) is 4.72. The number of benzene rings is 1. The second-order valence-electron chi connectivity index (χ2n) is 6.70. The molecule has 0 heterocycles. The van der Waals surface area contributed by atoms with Crippen LogP contribution in [0, 0.1) is 40.4 Å². The number of anilines is 1. The first-order valence-electron chi connectivity index (χ1n) is 7.62. The number of nitriles is 1. The van der Waals surface area contributed by atoms with Gasteiger partial charge in [0.25, 0.3) is 0 Å². The van der Waals surface area contributed by atoms with Gasteiger partial charge in [0.1, 0.15) is 0 Å². The quantitative estimate of drug-likeness (QED) is 0.882. The fourth-order valence-corrected chi connectivity index (χ4v) is 5.21. The van der Waals surface area contributed by atoms with Crippen molar-refractivity contribution in [2.24, 2.45) is 29.1 Å². The highest BCUT2D eigenvalue weighted by Gasteiger charge is 2.70. The van der Waals surface area contributed by atoms with Gasteiger partial charge in [-0.1, -0.05) is 15.9 Å². The van der Waals surface area contributed by atoms with Gasteiger partial charge in [0, 0.05) is 10.2 Å². The van der Waals surface area contributed by atoms with Crippen molar-refractivity contribution in [2.45, 2.75) is 25.7 Å². The molecule has 4 atom stereocenters. The summed E-state index contributed by atoms with van der Waals surface area (Å²) >= 11 is 3.39. The molecule has 3 fully saturated rings. The summed E-state index contributed by atoms with van der Waals surface area (Å²) < 4.78 is 0.993. The minimum Gasteiger partial charge on any atom is -0.326 e. The maximum absolute atomic E-state index is 12.7. The predicted molar refractivity (Wildman–Crippen MR) is 83.2 cm³/mol. The Kier molecular flexibility index (Phi) is 2.91. The number of rotatable bonds is 2. The van der Waals surface area contributed by atoms with Crippen molar-refractivity contribution in [3.63, 3.8) is 0 Å². The number of hydrogen-bond acceptors (Lipinski definition) is 2. The van der Waals surface area contributed by atoms with Crippen LogP contribution >= 0.6 is 15.9 Å². The number of halogens is 1. The van der Waals surface area contributed by atoms with Crippen LogP contribution in [0.15, 0.2) is 28.7 Å². The smallest absolute Gasteiger partial charge is 0.229 e. The van der Waals surface area contributed by atoms with Gasteiger partial charge in [0.15, 0.2) is 0 Å². The number of nitrogens with one attached hydrogen (secondary N) is 1. The molecule has 3 nitrogen and oxygen atoms in total. The summed E-state index contributed by atoms with van der Waals surface area (Å²) in [7, 11) is 0. The standard InChI is InChI=1S/C17H17BrN2O/c18-10-1-3-11(4-2-10)20-16(21)15-12(9-19)13-5-6-14(15)17(13)7-8-17/h1-4,12-15H,5-8H2,(H,20,21)/t12-,13+,14-,15-/m0/s1. The molecule has 1 aromatic rings. The van der Waals surface area contributed by atoms with Gasteiger partial charge in [-0.3, -0.25) is 4.79 Å². The summed E-state index contributed by atoms with van der Waals surface area (Å²) in [5.74, 6) is 0.750. The van der Waals surface area contributed by atoms with Crippen LogP contribution in [-0.2, 0) is 4.79 Å². The largest absolute Gasteiger partial charge is 0.326 e. The molecule has 108 valence electrons. The SMILES string of the molecule is N#C[C@@H]1[C@H](C(=O)Nc2ccc(Br)cc2)[C@@H]2CC[C@H]1C21CC1. The van der Waals surface area contributed by atoms with Crippen LogP contribution in [0.5, 0.6) is 0 Å². The number of nitrogens with zero attached hydrogens (tertiary/aromatic N) is 1. The summed E-state index contributed by atoms with van der Waals surface area (Å²) in [4.78, 5) is 12.7. The second-order valence-corrected chi connectivity index (χ2v) is 7.62. The number of amides is 1. The van der Waals surface area contributed by atoms with Gasteiger partial charge in [0.2, 0.25) is 5.91 Å². The first kappa shape index (κ1) is 13.3. The van der Waals surface area contributed by atoms with E-state index in [1.165, 1.54) is 12.8 Å². The fraction of sp³-hybridized carbons (Fsp3) is 0.529. The van der Waals surface area contributed by atoms with Crippen molar-refractivity contribution in [3.05, 3.63) is 28.7 Å². The molecule has 3 aliphatic carbocycles. The normalized spacial score (nSPS) is 34.7. The minimum absolute atomic E-state index is 0.0438. The maximum Gasteiger partial charge on any atom is 0.229 e. The van der Waals surface area contributed by atoms with Crippen molar-refractivity contribution < 1.29 is 4.79 Å². The van der Waals surface area contributed by atoms with Crippen LogP contribution in [0.3, 0.4) is 0 Å². The molecule has 4 rings (SSSR count). The Morgan fingerprint density at radius 2 is 1.90 bits per heavy atom. The Morgan fingerprint density at radius 1 is 1.24 bits per heavy atom. The topological polar surface area (TPSA) is 52.9 Å². The average Bonchev–Trinajstić information content (AvgIpc) is 3.15. The van der Waals surface area contributed by atoms with E-state index in [1.807, 2.05) is 24.3 Å². The van der Waals surface area contributed by atoms with Crippen LogP contribution in [-0.4, -0.2) is 5.91 Å². The number of carbonyl (C=O) groups excluding carboxylic acids is 1.